The van der Waals surface area contributed by atoms with Gasteiger partial charge in [0.1, 0.15) is 0 Å². The van der Waals surface area contributed by atoms with Gasteiger partial charge in [0.25, 0.3) is 0 Å². The molecule has 90 valence electrons. The smallest absolute Gasteiger partial charge is 0.164 e. The Morgan fingerprint density at radius 2 is 2.06 bits per heavy atom. The van der Waals surface area contributed by atoms with E-state index in [1.807, 2.05) is 43.5 Å². The summed E-state index contributed by atoms with van der Waals surface area (Å²) in [6.07, 6.45) is 1.24. The van der Waals surface area contributed by atoms with Gasteiger partial charge in [-0.05, 0) is 26.3 Å². The quantitative estimate of drug-likeness (QED) is 0.839. The van der Waals surface area contributed by atoms with Crippen LogP contribution in [-0.4, -0.2) is 11.3 Å². The van der Waals surface area contributed by atoms with Gasteiger partial charge in [-0.1, -0.05) is 18.2 Å². The maximum absolute atomic E-state index is 12.1. The van der Waals surface area contributed by atoms with Crippen LogP contribution in [0.4, 0.5) is 0 Å². The van der Waals surface area contributed by atoms with Crippen LogP contribution in [0.5, 0.6) is 0 Å². The van der Waals surface area contributed by atoms with E-state index in [2.05, 4.69) is 0 Å². The highest BCUT2D eigenvalue weighted by molar-refractivity contribution is 7.17. The third-order valence-electron chi connectivity index (χ3n) is 2.78. The number of rotatable bonds is 4. The van der Waals surface area contributed by atoms with Gasteiger partial charge >= 0.3 is 0 Å². The largest absolute Gasteiger partial charge is 0.326 e. The highest BCUT2D eigenvalue weighted by atomic mass is 32.1. The molecule has 0 bridgehead atoms. The molecule has 17 heavy (non-hydrogen) atoms. The summed E-state index contributed by atoms with van der Waals surface area (Å²) in [7, 11) is 0. The molecule has 0 aliphatic rings. The molecule has 0 atom stereocenters. The van der Waals surface area contributed by atoms with Gasteiger partial charge in [-0.2, -0.15) is 0 Å². The molecular formula is C14H17NOS. The molecule has 0 saturated carbocycles. The SMILES string of the molecule is CC(C)(N)CCC(=O)c1csc2ccccc12. The van der Waals surface area contributed by atoms with Crippen LogP contribution < -0.4 is 5.73 Å². The first-order valence-corrected chi connectivity index (χ1v) is 6.64. The maximum atomic E-state index is 12.1. The number of thiophene rings is 1. The van der Waals surface area contributed by atoms with Crippen molar-refractivity contribution in [3.05, 3.63) is 35.2 Å². The van der Waals surface area contributed by atoms with Gasteiger partial charge in [0.2, 0.25) is 0 Å². The van der Waals surface area contributed by atoms with Crippen molar-refractivity contribution in [2.45, 2.75) is 32.2 Å². The molecule has 0 fully saturated rings. The molecule has 0 amide bonds. The number of carbonyl (C=O) groups excluding carboxylic acids is 1. The minimum Gasteiger partial charge on any atom is -0.326 e. The number of hydrogen-bond acceptors (Lipinski definition) is 3. The van der Waals surface area contributed by atoms with Gasteiger partial charge < -0.3 is 5.73 Å². The van der Waals surface area contributed by atoms with E-state index in [0.717, 1.165) is 17.4 Å². The first-order valence-electron chi connectivity index (χ1n) is 5.76. The van der Waals surface area contributed by atoms with Gasteiger partial charge in [0, 0.05) is 33.0 Å². The van der Waals surface area contributed by atoms with Crippen LogP contribution in [0, 0.1) is 0 Å². The van der Waals surface area contributed by atoms with Crippen LogP contribution in [0.2, 0.25) is 0 Å². The van der Waals surface area contributed by atoms with E-state index >= 15 is 0 Å². The van der Waals surface area contributed by atoms with Crippen LogP contribution in [0.15, 0.2) is 29.6 Å². The summed E-state index contributed by atoms with van der Waals surface area (Å²) >= 11 is 1.62. The van der Waals surface area contributed by atoms with Gasteiger partial charge in [0.15, 0.2) is 5.78 Å². The molecule has 1 heterocycles. The molecule has 0 spiro atoms. The molecule has 0 aliphatic carbocycles. The van der Waals surface area contributed by atoms with E-state index in [4.69, 9.17) is 5.73 Å². The third kappa shape index (κ3) is 2.93. The van der Waals surface area contributed by atoms with Crippen molar-refractivity contribution in [2.75, 3.05) is 0 Å². The standard InChI is InChI=1S/C14H17NOS/c1-14(2,15)8-7-12(16)11-9-17-13-6-4-3-5-10(11)13/h3-6,9H,7-8,15H2,1-2H3. The van der Waals surface area contributed by atoms with E-state index in [1.165, 1.54) is 4.70 Å². The minimum absolute atomic E-state index is 0.195. The van der Waals surface area contributed by atoms with Gasteiger partial charge in [-0.3, -0.25) is 4.79 Å². The molecule has 1 aromatic carbocycles. The second-order valence-electron chi connectivity index (χ2n) is 5.06. The molecule has 0 saturated heterocycles. The summed E-state index contributed by atoms with van der Waals surface area (Å²) < 4.78 is 1.17. The Balaban J connectivity index is 2.20. The normalized spacial score (nSPS) is 11.9. The Kier molecular flexibility index (Phi) is 3.31. The molecule has 0 aliphatic heterocycles. The zero-order valence-corrected chi connectivity index (χ0v) is 11.0. The number of Topliss-reactive ketones (excluding diaryl/α,β-unsaturated/α-hetero) is 1. The van der Waals surface area contributed by atoms with Gasteiger partial charge in [-0.25, -0.2) is 0 Å². The summed E-state index contributed by atoms with van der Waals surface area (Å²) in [5.74, 6) is 0.195. The van der Waals surface area contributed by atoms with Crippen molar-refractivity contribution >= 4 is 27.2 Å². The lowest BCUT2D eigenvalue weighted by Crippen LogP contribution is -2.32. The van der Waals surface area contributed by atoms with Crippen LogP contribution in [0.1, 0.15) is 37.0 Å². The monoisotopic (exact) mass is 247 g/mol. The van der Waals surface area contributed by atoms with E-state index in [9.17, 15) is 4.79 Å². The lowest BCUT2D eigenvalue weighted by Gasteiger charge is -2.17. The van der Waals surface area contributed by atoms with Gasteiger partial charge in [-0.15, -0.1) is 11.3 Å². The number of hydrogen-bond donors (Lipinski definition) is 1. The molecule has 3 heteroatoms. The molecule has 0 unspecified atom stereocenters. The molecule has 2 nitrogen and oxygen atoms in total. The van der Waals surface area contributed by atoms with Crippen molar-refractivity contribution in [2.24, 2.45) is 5.73 Å². The maximum Gasteiger partial charge on any atom is 0.164 e. The minimum atomic E-state index is -0.276. The zero-order chi connectivity index (χ0) is 12.5. The highest BCUT2D eigenvalue weighted by Crippen LogP contribution is 2.27. The lowest BCUT2D eigenvalue weighted by molar-refractivity contribution is 0.0974. The predicted molar refractivity (Wildman–Crippen MR) is 73.7 cm³/mol. The fourth-order valence-electron chi connectivity index (χ4n) is 1.76. The van der Waals surface area contributed by atoms with Crippen molar-refractivity contribution < 1.29 is 4.79 Å². The van der Waals surface area contributed by atoms with Crippen LogP contribution in [0.25, 0.3) is 10.1 Å². The number of carbonyl (C=O) groups is 1. The van der Waals surface area contributed by atoms with Crippen molar-refractivity contribution in [3.63, 3.8) is 0 Å². The zero-order valence-electron chi connectivity index (χ0n) is 10.2. The second-order valence-corrected chi connectivity index (χ2v) is 5.97. The first kappa shape index (κ1) is 12.3. The molecule has 1 aromatic heterocycles. The van der Waals surface area contributed by atoms with E-state index < -0.39 is 0 Å². The fraction of sp³-hybridized carbons (Fsp3) is 0.357. The topological polar surface area (TPSA) is 43.1 Å². The van der Waals surface area contributed by atoms with Crippen molar-refractivity contribution in [1.29, 1.82) is 0 Å². The number of benzene rings is 1. The summed E-state index contributed by atoms with van der Waals surface area (Å²) in [5, 5.41) is 3.02. The van der Waals surface area contributed by atoms with Gasteiger partial charge in [0.05, 0.1) is 0 Å². The molecule has 2 N–H and O–H groups in total. The summed E-state index contributed by atoms with van der Waals surface area (Å²) in [4.78, 5) is 12.1. The van der Waals surface area contributed by atoms with Crippen molar-refractivity contribution in [3.8, 4) is 0 Å². The Morgan fingerprint density at radius 1 is 1.35 bits per heavy atom. The Bertz CT molecular complexity index is 536. The number of nitrogens with two attached hydrogens (primary N) is 1. The van der Waals surface area contributed by atoms with E-state index in [0.29, 0.717) is 6.42 Å². The number of fused-ring (bicyclic) bond motifs is 1. The molecule has 2 rings (SSSR count). The summed E-state index contributed by atoms with van der Waals surface area (Å²) in [5.41, 5.74) is 6.47. The van der Waals surface area contributed by atoms with Crippen LogP contribution in [0.3, 0.4) is 0 Å². The Morgan fingerprint density at radius 3 is 2.76 bits per heavy atom. The third-order valence-corrected chi connectivity index (χ3v) is 3.74. The van der Waals surface area contributed by atoms with E-state index in [-0.39, 0.29) is 11.3 Å². The summed E-state index contributed by atoms with van der Waals surface area (Å²) in [6.45, 7) is 3.90. The second kappa shape index (κ2) is 4.59. The first-order chi connectivity index (χ1) is 7.97. The van der Waals surface area contributed by atoms with Crippen molar-refractivity contribution in [1.82, 2.24) is 0 Å². The van der Waals surface area contributed by atoms with Crippen LogP contribution in [-0.2, 0) is 0 Å². The fourth-order valence-corrected chi connectivity index (χ4v) is 2.73. The summed E-state index contributed by atoms with van der Waals surface area (Å²) in [6, 6.07) is 8.02. The van der Waals surface area contributed by atoms with Crippen LogP contribution >= 0.6 is 11.3 Å². The molecule has 0 radical (unpaired) electrons. The number of ketones is 1. The molecule has 2 aromatic rings. The molecular weight excluding hydrogens is 230 g/mol. The Hall–Kier alpha value is -1.19. The lowest BCUT2D eigenvalue weighted by atomic mass is 9.96. The Labute approximate surface area is 105 Å². The van der Waals surface area contributed by atoms with E-state index in [1.54, 1.807) is 11.3 Å². The average Bonchev–Trinajstić information content (AvgIpc) is 2.68. The highest BCUT2D eigenvalue weighted by Gasteiger charge is 2.16. The average molecular weight is 247 g/mol. The predicted octanol–water partition coefficient (Wildman–Crippen LogP) is 3.60.